The standard InChI is InChI=1S/C18H18N6O/c1-12-8-20-16(9-19-12)18(25)22-15-5-2-13(3-6-15)14-4-7-17-23-21-11-24(17)10-14/h2-3,5-6,8-9,11,14H,4,7,10H2,1H3,(H,22,25)/t14-/m1/s1. The van der Waals surface area contributed by atoms with E-state index in [1.165, 1.54) is 11.8 Å². The summed E-state index contributed by atoms with van der Waals surface area (Å²) in [4.78, 5) is 20.4. The predicted octanol–water partition coefficient (Wildman–Crippen LogP) is 2.36. The number of nitrogens with zero attached hydrogens (tertiary/aromatic N) is 5. The molecule has 0 saturated heterocycles. The maximum absolute atomic E-state index is 12.2. The lowest BCUT2D eigenvalue weighted by molar-refractivity contribution is 0.102. The van der Waals surface area contributed by atoms with Gasteiger partial charge < -0.3 is 9.88 Å². The molecule has 1 amide bonds. The number of rotatable bonds is 3. The molecule has 25 heavy (non-hydrogen) atoms. The Morgan fingerprint density at radius 1 is 1.20 bits per heavy atom. The van der Waals surface area contributed by atoms with E-state index in [9.17, 15) is 4.79 Å². The molecule has 1 aliphatic rings. The Morgan fingerprint density at radius 2 is 2.04 bits per heavy atom. The van der Waals surface area contributed by atoms with Gasteiger partial charge in [-0.15, -0.1) is 10.2 Å². The highest BCUT2D eigenvalue weighted by atomic mass is 16.1. The van der Waals surface area contributed by atoms with Crippen LogP contribution in [0.2, 0.25) is 0 Å². The lowest BCUT2D eigenvalue weighted by Gasteiger charge is -2.23. The Hall–Kier alpha value is -3.09. The lowest BCUT2D eigenvalue weighted by atomic mass is 9.91. The van der Waals surface area contributed by atoms with E-state index in [0.29, 0.717) is 11.6 Å². The third-order valence-corrected chi connectivity index (χ3v) is 4.48. The number of hydrogen-bond acceptors (Lipinski definition) is 5. The largest absolute Gasteiger partial charge is 0.321 e. The molecular weight excluding hydrogens is 316 g/mol. The van der Waals surface area contributed by atoms with Gasteiger partial charge in [0.1, 0.15) is 17.8 Å². The second-order valence-corrected chi connectivity index (χ2v) is 6.25. The molecule has 2 aromatic heterocycles. The summed E-state index contributed by atoms with van der Waals surface area (Å²) < 4.78 is 2.11. The Bertz CT molecular complexity index is 885. The molecular formula is C18H18N6O. The summed E-state index contributed by atoms with van der Waals surface area (Å²) in [5.41, 5.74) is 3.09. The van der Waals surface area contributed by atoms with E-state index in [1.54, 1.807) is 12.5 Å². The zero-order valence-electron chi connectivity index (χ0n) is 13.9. The molecule has 1 N–H and O–H groups in total. The highest BCUT2D eigenvalue weighted by Crippen LogP contribution is 2.28. The molecule has 0 fully saturated rings. The molecule has 7 nitrogen and oxygen atoms in total. The van der Waals surface area contributed by atoms with Crippen molar-refractivity contribution in [1.29, 1.82) is 0 Å². The van der Waals surface area contributed by atoms with Gasteiger partial charge in [0.15, 0.2) is 0 Å². The molecule has 1 atom stereocenters. The van der Waals surface area contributed by atoms with Crippen molar-refractivity contribution >= 4 is 11.6 Å². The first-order valence-electron chi connectivity index (χ1n) is 8.26. The molecule has 4 rings (SSSR count). The van der Waals surface area contributed by atoms with Gasteiger partial charge in [0.25, 0.3) is 5.91 Å². The number of aromatic nitrogens is 5. The lowest BCUT2D eigenvalue weighted by Crippen LogP contribution is -2.18. The van der Waals surface area contributed by atoms with Gasteiger partial charge in [0.05, 0.1) is 11.9 Å². The van der Waals surface area contributed by atoms with E-state index < -0.39 is 0 Å². The summed E-state index contributed by atoms with van der Waals surface area (Å²) in [5.74, 6) is 1.24. The summed E-state index contributed by atoms with van der Waals surface area (Å²) in [6, 6.07) is 7.99. The van der Waals surface area contributed by atoms with Crippen LogP contribution in [0.5, 0.6) is 0 Å². The summed E-state index contributed by atoms with van der Waals surface area (Å²) in [5, 5.41) is 10.9. The van der Waals surface area contributed by atoms with Crippen LogP contribution in [-0.2, 0) is 13.0 Å². The minimum Gasteiger partial charge on any atom is -0.321 e. The molecule has 0 bridgehead atoms. The third-order valence-electron chi connectivity index (χ3n) is 4.48. The molecule has 0 saturated carbocycles. The van der Waals surface area contributed by atoms with Gasteiger partial charge in [-0.1, -0.05) is 12.1 Å². The van der Waals surface area contributed by atoms with Gasteiger partial charge in [0.2, 0.25) is 0 Å². The van der Waals surface area contributed by atoms with E-state index in [-0.39, 0.29) is 5.91 Å². The summed E-state index contributed by atoms with van der Waals surface area (Å²) >= 11 is 0. The summed E-state index contributed by atoms with van der Waals surface area (Å²) in [6.45, 7) is 2.73. The molecule has 126 valence electrons. The van der Waals surface area contributed by atoms with Crippen LogP contribution >= 0.6 is 0 Å². The topological polar surface area (TPSA) is 85.6 Å². The molecule has 1 aliphatic heterocycles. The van der Waals surface area contributed by atoms with Crippen LogP contribution in [0.1, 0.15) is 39.9 Å². The number of carbonyl (C=O) groups is 1. The number of hydrogen-bond donors (Lipinski definition) is 1. The molecule has 0 spiro atoms. The summed E-state index contributed by atoms with van der Waals surface area (Å²) in [6.07, 6.45) is 6.86. The quantitative estimate of drug-likeness (QED) is 0.795. The van der Waals surface area contributed by atoms with Gasteiger partial charge in [0, 0.05) is 30.8 Å². The number of carbonyl (C=O) groups excluding carboxylic acids is 1. The number of benzene rings is 1. The van der Waals surface area contributed by atoms with E-state index >= 15 is 0 Å². The van der Waals surface area contributed by atoms with E-state index in [2.05, 4.69) is 42.2 Å². The van der Waals surface area contributed by atoms with Crippen molar-refractivity contribution in [2.45, 2.75) is 32.2 Å². The zero-order valence-corrected chi connectivity index (χ0v) is 13.9. The molecule has 7 heteroatoms. The number of anilines is 1. The molecule has 3 heterocycles. The minimum absolute atomic E-state index is 0.257. The van der Waals surface area contributed by atoms with Gasteiger partial charge in [-0.05, 0) is 31.0 Å². The Kier molecular flexibility index (Phi) is 3.97. The van der Waals surface area contributed by atoms with Crippen LogP contribution in [0.25, 0.3) is 0 Å². The van der Waals surface area contributed by atoms with Crippen LogP contribution in [0.4, 0.5) is 5.69 Å². The smallest absolute Gasteiger partial charge is 0.275 e. The van der Waals surface area contributed by atoms with Crippen LogP contribution < -0.4 is 5.32 Å². The highest BCUT2D eigenvalue weighted by Gasteiger charge is 2.20. The van der Waals surface area contributed by atoms with Crippen LogP contribution in [-0.4, -0.2) is 30.6 Å². The molecule has 3 aromatic rings. The van der Waals surface area contributed by atoms with Crippen molar-refractivity contribution in [3.05, 3.63) is 65.8 Å². The van der Waals surface area contributed by atoms with Crippen molar-refractivity contribution in [2.75, 3.05) is 5.32 Å². The van der Waals surface area contributed by atoms with Gasteiger partial charge >= 0.3 is 0 Å². The van der Waals surface area contributed by atoms with Crippen LogP contribution in [0.15, 0.2) is 43.0 Å². The van der Waals surface area contributed by atoms with Crippen molar-refractivity contribution in [3.63, 3.8) is 0 Å². The number of aryl methyl sites for hydroxylation is 2. The Morgan fingerprint density at radius 3 is 2.80 bits per heavy atom. The minimum atomic E-state index is -0.257. The predicted molar refractivity (Wildman–Crippen MR) is 92.2 cm³/mol. The van der Waals surface area contributed by atoms with Crippen molar-refractivity contribution in [1.82, 2.24) is 24.7 Å². The highest BCUT2D eigenvalue weighted by molar-refractivity contribution is 6.02. The third kappa shape index (κ3) is 3.26. The first-order chi connectivity index (χ1) is 12.2. The average molecular weight is 334 g/mol. The fraction of sp³-hybridized carbons (Fsp3) is 0.278. The monoisotopic (exact) mass is 334 g/mol. The first kappa shape index (κ1) is 15.4. The van der Waals surface area contributed by atoms with Crippen LogP contribution in [0.3, 0.4) is 0 Å². The molecule has 0 radical (unpaired) electrons. The first-order valence-corrected chi connectivity index (χ1v) is 8.26. The molecule has 0 unspecified atom stereocenters. The normalized spacial score (nSPS) is 16.3. The maximum atomic E-state index is 12.2. The number of fused-ring (bicyclic) bond motifs is 1. The SMILES string of the molecule is Cc1cnc(C(=O)Nc2ccc([C@@H]3CCc4nncn4C3)cc2)cn1. The van der Waals surface area contributed by atoms with E-state index in [1.807, 2.05) is 19.1 Å². The summed E-state index contributed by atoms with van der Waals surface area (Å²) in [7, 11) is 0. The maximum Gasteiger partial charge on any atom is 0.275 e. The van der Waals surface area contributed by atoms with Crippen molar-refractivity contribution in [3.8, 4) is 0 Å². The number of amides is 1. The molecule has 1 aromatic carbocycles. The van der Waals surface area contributed by atoms with Gasteiger partial charge in [-0.3, -0.25) is 9.78 Å². The van der Waals surface area contributed by atoms with Gasteiger partial charge in [-0.2, -0.15) is 0 Å². The number of nitrogens with one attached hydrogen (secondary N) is 1. The molecule has 0 aliphatic carbocycles. The van der Waals surface area contributed by atoms with Crippen LogP contribution in [0, 0.1) is 6.92 Å². The Balaban J connectivity index is 1.44. The van der Waals surface area contributed by atoms with Crippen molar-refractivity contribution < 1.29 is 4.79 Å². The fourth-order valence-corrected chi connectivity index (χ4v) is 3.07. The zero-order chi connectivity index (χ0) is 17.2. The van der Waals surface area contributed by atoms with Crippen molar-refractivity contribution in [2.24, 2.45) is 0 Å². The average Bonchev–Trinajstić information content (AvgIpc) is 3.10. The van der Waals surface area contributed by atoms with Gasteiger partial charge in [-0.25, -0.2) is 4.98 Å². The fourth-order valence-electron chi connectivity index (χ4n) is 3.07. The Labute approximate surface area is 145 Å². The van der Waals surface area contributed by atoms with E-state index in [0.717, 1.165) is 36.6 Å². The second-order valence-electron chi connectivity index (χ2n) is 6.25. The second kappa shape index (κ2) is 6.43. The van der Waals surface area contributed by atoms with E-state index in [4.69, 9.17) is 0 Å².